The van der Waals surface area contributed by atoms with E-state index in [1.54, 1.807) is 7.11 Å². The summed E-state index contributed by atoms with van der Waals surface area (Å²) in [5.74, 6) is 0.864. The molecule has 1 saturated carbocycles. The number of methoxy groups -OCH3 is 1. The second kappa shape index (κ2) is 4.67. The Bertz CT molecular complexity index is 444. The maximum atomic E-state index is 8.78. The van der Waals surface area contributed by atoms with Gasteiger partial charge in [0.1, 0.15) is 5.75 Å². The average molecular weight is 230 g/mol. The van der Waals surface area contributed by atoms with Crippen LogP contribution in [-0.4, -0.2) is 13.7 Å². The van der Waals surface area contributed by atoms with E-state index in [2.05, 4.69) is 24.4 Å². The van der Waals surface area contributed by atoms with Gasteiger partial charge in [0.15, 0.2) is 0 Å². The van der Waals surface area contributed by atoms with Crippen LogP contribution in [-0.2, 0) is 0 Å². The highest BCUT2D eigenvalue weighted by molar-refractivity contribution is 5.58. The van der Waals surface area contributed by atoms with Gasteiger partial charge in [0.25, 0.3) is 0 Å². The van der Waals surface area contributed by atoms with Crippen molar-refractivity contribution in [3.63, 3.8) is 0 Å². The molecule has 1 aromatic carbocycles. The number of nitriles is 1. The van der Waals surface area contributed by atoms with Gasteiger partial charge in [0.05, 0.1) is 18.9 Å². The molecule has 0 aromatic heterocycles. The highest BCUT2D eigenvalue weighted by atomic mass is 16.5. The van der Waals surface area contributed by atoms with Gasteiger partial charge in [0, 0.05) is 18.4 Å². The van der Waals surface area contributed by atoms with E-state index in [0.717, 1.165) is 30.8 Å². The maximum Gasteiger partial charge on any atom is 0.141 e. The molecule has 1 aliphatic rings. The summed E-state index contributed by atoms with van der Waals surface area (Å²) in [5.41, 5.74) is 2.44. The lowest BCUT2D eigenvalue weighted by atomic mass is 10.0. The molecule has 0 amide bonds. The molecule has 90 valence electrons. The van der Waals surface area contributed by atoms with E-state index in [1.807, 2.05) is 12.1 Å². The molecule has 0 atom stereocenters. The predicted molar refractivity (Wildman–Crippen MR) is 68.1 cm³/mol. The Morgan fingerprint density at radius 1 is 1.47 bits per heavy atom. The standard InChI is InChI=1S/C14H18N2O/c1-11-3-4-13(17-2)12(9-11)16-10-14(5-6-14)7-8-15/h3-4,9,16H,5-7,10H2,1-2H3. The second-order valence-corrected chi connectivity index (χ2v) is 4.89. The van der Waals surface area contributed by atoms with Crippen molar-refractivity contribution in [2.45, 2.75) is 26.2 Å². The first kappa shape index (κ1) is 11.8. The molecule has 0 heterocycles. The fraction of sp³-hybridized carbons (Fsp3) is 0.500. The van der Waals surface area contributed by atoms with Gasteiger partial charge >= 0.3 is 0 Å². The second-order valence-electron chi connectivity index (χ2n) is 4.89. The summed E-state index contributed by atoms with van der Waals surface area (Å²) >= 11 is 0. The Hall–Kier alpha value is -1.69. The van der Waals surface area contributed by atoms with Crippen molar-refractivity contribution < 1.29 is 4.74 Å². The minimum Gasteiger partial charge on any atom is -0.495 e. The van der Waals surface area contributed by atoms with Crippen molar-refractivity contribution in [2.24, 2.45) is 5.41 Å². The zero-order chi connectivity index (χ0) is 12.3. The van der Waals surface area contributed by atoms with Crippen LogP contribution in [0.4, 0.5) is 5.69 Å². The lowest BCUT2D eigenvalue weighted by Gasteiger charge is -2.16. The number of nitrogens with one attached hydrogen (secondary N) is 1. The topological polar surface area (TPSA) is 45.0 Å². The zero-order valence-electron chi connectivity index (χ0n) is 10.4. The number of anilines is 1. The molecule has 0 unspecified atom stereocenters. The van der Waals surface area contributed by atoms with Crippen LogP contribution in [0.25, 0.3) is 0 Å². The van der Waals surface area contributed by atoms with Crippen molar-refractivity contribution in [1.82, 2.24) is 0 Å². The highest BCUT2D eigenvalue weighted by Gasteiger charge is 2.42. The van der Waals surface area contributed by atoms with Crippen LogP contribution in [0.5, 0.6) is 5.75 Å². The van der Waals surface area contributed by atoms with Crippen LogP contribution in [0.2, 0.25) is 0 Å². The van der Waals surface area contributed by atoms with E-state index < -0.39 is 0 Å². The number of hydrogen-bond acceptors (Lipinski definition) is 3. The minimum absolute atomic E-state index is 0.212. The summed E-state index contributed by atoms with van der Waals surface area (Å²) in [6.45, 7) is 2.92. The number of rotatable bonds is 5. The van der Waals surface area contributed by atoms with Crippen LogP contribution in [0, 0.1) is 23.7 Å². The van der Waals surface area contributed by atoms with Gasteiger partial charge in [-0.2, -0.15) is 5.26 Å². The summed E-state index contributed by atoms with van der Waals surface area (Å²) in [6.07, 6.45) is 2.96. The van der Waals surface area contributed by atoms with Crippen molar-refractivity contribution in [3.8, 4) is 11.8 Å². The molecule has 0 radical (unpaired) electrons. The molecule has 0 aliphatic heterocycles. The third-order valence-electron chi connectivity index (χ3n) is 3.42. The van der Waals surface area contributed by atoms with Gasteiger partial charge in [-0.25, -0.2) is 0 Å². The van der Waals surface area contributed by atoms with Gasteiger partial charge in [-0.3, -0.25) is 0 Å². The van der Waals surface area contributed by atoms with E-state index >= 15 is 0 Å². The highest BCUT2D eigenvalue weighted by Crippen LogP contribution is 2.48. The molecule has 0 bridgehead atoms. The number of benzene rings is 1. The first-order valence-corrected chi connectivity index (χ1v) is 5.95. The minimum atomic E-state index is 0.212. The lowest BCUT2D eigenvalue weighted by Crippen LogP contribution is -2.15. The summed E-state index contributed by atoms with van der Waals surface area (Å²) in [6, 6.07) is 8.37. The molecule has 1 aromatic rings. The number of nitrogens with zero attached hydrogens (tertiary/aromatic N) is 1. The largest absolute Gasteiger partial charge is 0.495 e. The molecule has 1 fully saturated rings. The molecule has 3 nitrogen and oxygen atoms in total. The van der Waals surface area contributed by atoms with E-state index in [4.69, 9.17) is 10.00 Å². The van der Waals surface area contributed by atoms with E-state index in [1.165, 1.54) is 5.56 Å². The van der Waals surface area contributed by atoms with Gasteiger partial charge < -0.3 is 10.1 Å². The Labute approximate surface area is 102 Å². The van der Waals surface area contributed by atoms with E-state index in [9.17, 15) is 0 Å². The average Bonchev–Trinajstić information content (AvgIpc) is 3.08. The van der Waals surface area contributed by atoms with Crippen molar-refractivity contribution in [2.75, 3.05) is 19.0 Å². The summed E-state index contributed by atoms with van der Waals surface area (Å²) < 4.78 is 5.32. The smallest absolute Gasteiger partial charge is 0.141 e. The molecule has 2 rings (SSSR count). The lowest BCUT2D eigenvalue weighted by molar-refractivity contribution is 0.415. The van der Waals surface area contributed by atoms with E-state index in [0.29, 0.717) is 6.42 Å². The van der Waals surface area contributed by atoms with Gasteiger partial charge in [-0.15, -0.1) is 0 Å². The van der Waals surface area contributed by atoms with Crippen LogP contribution in [0.15, 0.2) is 18.2 Å². The fourth-order valence-electron chi connectivity index (χ4n) is 2.00. The predicted octanol–water partition coefficient (Wildman–Crippen LogP) is 3.11. The summed E-state index contributed by atoms with van der Waals surface area (Å²) in [5, 5.41) is 12.2. The molecule has 0 saturated heterocycles. The first-order chi connectivity index (χ1) is 8.19. The molecule has 1 N–H and O–H groups in total. The van der Waals surface area contributed by atoms with E-state index in [-0.39, 0.29) is 5.41 Å². The summed E-state index contributed by atoms with van der Waals surface area (Å²) in [4.78, 5) is 0. The first-order valence-electron chi connectivity index (χ1n) is 5.95. The van der Waals surface area contributed by atoms with Crippen LogP contribution in [0.3, 0.4) is 0 Å². The number of ether oxygens (including phenoxy) is 1. The number of aryl methyl sites for hydroxylation is 1. The SMILES string of the molecule is COc1ccc(C)cc1NCC1(CC#N)CC1. The third-order valence-corrected chi connectivity index (χ3v) is 3.42. The fourth-order valence-corrected chi connectivity index (χ4v) is 2.00. The Kier molecular flexibility index (Phi) is 3.23. The van der Waals surface area contributed by atoms with Crippen molar-refractivity contribution in [1.29, 1.82) is 5.26 Å². The molecule has 1 aliphatic carbocycles. The molecule has 17 heavy (non-hydrogen) atoms. The Morgan fingerprint density at radius 3 is 2.82 bits per heavy atom. The molecular formula is C14H18N2O. The third kappa shape index (κ3) is 2.71. The van der Waals surface area contributed by atoms with Crippen LogP contribution in [0.1, 0.15) is 24.8 Å². The quantitative estimate of drug-likeness (QED) is 0.845. The number of hydrogen-bond donors (Lipinski definition) is 1. The van der Waals surface area contributed by atoms with Crippen molar-refractivity contribution >= 4 is 5.69 Å². The van der Waals surface area contributed by atoms with Gasteiger partial charge in [-0.1, -0.05) is 6.07 Å². The maximum absolute atomic E-state index is 8.78. The van der Waals surface area contributed by atoms with Gasteiger partial charge in [-0.05, 0) is 37.5 Å². The molecule has 3 heteroatoms. The Morgan fingerprint density at radius 2 is 2.24 bits per heavy atom. The van der Waals surface area contributed by atoms with Gasteiger partial charge in [0.2, 0.25) is 0 Å². The molecular weight excluding hydrogens is 212 g/mol. The van der Waals surface area contributed by atoms with Crippen LogP contribution >= 0.6 is 0 Å². The monoisotopic (exact) mass is 230 g/mol. The van der Waals surface area contributed by atoms with Crippen molar-refractivity contribution in [3.05, 3.63) is 23.8 Å². The zero-order valence-corrected chi connectivity index (χ0v) is 10.4. The summed E-state index contributed by atoms with van der Waals surface area (Å²) in [7, 11) is 1.68. The normalized spacial score (nSPS) is 16.1. The Balaban J connectivity index is 2.04. The van der Waals surface area contributed by atoms with Crippen LogP contribution < -0.4 is 10.1 Å². The molecule has 0 spiro atoms.